The van der Waals surface area contributed by atoms with Crippen LogP contribution in [0.15, 0.2) is 47.6 Å². The second kappa shape index (κ2) is 9.58. The molecule has 1 amide bonds. The molecule has 0 fully saturated rings. The van der Waals surface area contributed by atoms with Gasteiger partial charge in [0.25, 0.3) is 0 Å². The van der Waals surface area contributed by atoms with Crippen LogP contribution in [0.4, 0.5) is 17.6 Å². The zero-order valence-corrected chi connectivity index (χ0v) is 18.4. The Kier molecular flexibility index (Phi) is 7.03. The molecule has 2 N–H and O–H groups in total. The predicted octanol–water partition coefficient (Wildman–Crippen LogP) is 4.74. The van der Waals surface area contributed by atoms with E-state index in [2.05, 4.69) is 17.6 Å². The van der Waals surface area contributed by atoms with Crippen molar-refractivity contribution in [1.82, 2.24) is 4.90 Å². The molecular formula is C23H20F4N4OS. The third-order valence-electron chi connectivity index (χ3n) is 5.24. The fraction of sp³-hybridized carbons (Fsp3) is 0.261. The number of nitriles is 1. The first-order chi connectivity index (χ1) is 15.6. The second-order valence-electron chi connectivity index (χ2n) is 7.23. The number of hydrogen-bond donors (Lipinski definition) is 1. The lowest BCUT2D eigenvalue weighted by Gasteiger charge is -2.33. The van der Waals surface area contributed by atoms with E-state index in [-0.39, 0.29) is 36.7 Å². The topological polar surface area (TPSA) is 82.5 Å². The highest BCUT2D eigenvalue weighted by Crippen LogP contribution is 2.42. The van der Waals surface area contributed by atoms with Gasteiger partial charge in [-0.15, -0.1) is 11.3 Å². The second-order valence-corrected chi connectivity index (χ2v) is 8.37. The zero-order valence-electron chi connectivity index (χ0n) is 17.6. The molecule has 0 spiro atoms. The molecule has 2 aromatic rings. The van der Waals surface area contributed by atoms with E-state index in [0.717, 1.165) is 18.4 Å². The number of aliphatic imine (C=N–C) groups is 1. The van der Waals surface area contributed by atoms with Crippen LogP contribution in [0.1, 0.15) is 39.3 Å². The number of carbonyl (C=O) groups is 1. The molecule has 0 unspecified atom stereocenters. The molecule has 1 aliphatic heterocycles. The van der Waals surface area contributed by atoms with E-state index < -0.39 is 29.2 Å². The van der Waals surface area contributed by atoms with Crippen molar-refractivity contribution in [2.45, 2.75) is 25.6 Å². The molecular weight excluding hydrogens is 456 g/mol. The lowest BCUT2D eigenvalue weighted by molar-refractivity contribution is -0.127. The minimum atomic E-state index is -4.91. The van der Waals surface area contributed by atoms with E-state index in [1.807, 2.05) is 0 Å². The fourth-order valence-electron chi connectivity index (χ4n) is 3.76. The van der Waals surface area contributed by atoms with Gasteiger partial charge >= 0.3 is 6.18 Å². The van der Waals surface area contributed by atoms with Crippen molar-refractivity contribution in [3.63, 3.8) is 0 Å². The maximum atomic E-state index is 15.1. The number of hydrogen-bond acceptors (Lipinski definition) is 5. The summed E-state index contributed by atoms with van der Waals surface area (Å²) in [4.78, 5) is 18.8. The molecule has 10 heteroatoms. The number of alkyl halides is 3. The number of fused-ring (bicyclic) bond motifs is 1. The van der Waals surface area contributed by atoms with Crippen LogP contribution in [0.2, 0.25) is 0 Å². The van der Waals surface area contributed by atoms with E-state index in [0.29, 0.717) is 15.3 Å². The van der Waals surface area contributed by atoms with Gasteiger partial charge in [0, 0.05) is 41.2 Å². The molecule has 0 saturated carbocycles. The van der Waals surface area contributed by atoms with Gasteiger partial charge in [0.1, 0.15) is 22.5 Å². The molecule has 0 radical (unpaired) electrons. The Morgan fingerprint density at radius 3 is 2.76 bits per heavy atom. The van der Waals surface area contributed by atoms with Crippen molar-refractivity contribution in [1.29, 1.82) is 5.26 Å². The Labute approximate surface area is 192 Å². The summed E-state index contributed by atoms with van der Waals surface area (Å²) in [5, 5.41) is 9.35. The van der Waals surface area contributed by atoms with Crippen LogP contribution in [0.5, 0.6) is 0 Å². The number of allylic oxidation sites excluding steroid dienone is 2. The van der Waals surface area contributed by atoms with Gasteiger partial charge in [-0.05, 0) is 36.3 Å². The van der Waals surface area contributed by atoms with E-state index in [1.54, 1.807) is 13.0 Å². The third-order valence-corrected chi connectivity index (χ3v) is 6.28. The molecule has 33 heavy (non-hydrogen) atoms. The number of rotatable bonds is 5. The first-order valence-electron chi connectivity index (χ1n) is 9.91. The maximum absolute atomic E-state index is 15.1. The monoisotopic (exact) mass is 476 g/mol. The molecule has 5 nitrogen and oxygen atoms in total. The van der Waals surface area contributed by atoms with Gasteiger partial charge in [-0.3, -0.25) is 9.79 Å². The Morgan fingerprint density at radius 1 is 1.42 bits per heavy atom. The molecule has 1 aromatic heterocycles. The number of halogens is 4. The Morgan fingerprint density at radius 2 is 2.15 bits per heavy atom. The van der Waals surface area contributed by atoms with Crippen LogP contribution in [0.3, 0.4) is 0 Å². The molecule has 0 bridgehead atoms. The van der Waals surface area contributed by atoms with Gasteiger partial charge in [-0.25, -0.2) is 4.39 Å². The fourth-order valence-corrected chi connectivity index (χ4v) is 4.79. The number of carbonyl (C=O) groups excluding carboxylic acids is 1. The Balaban J connectivity index is 2.30. The molecule has 172 valence electrons. The molecule has 1 aromatic carbocycles. The number of nitrogens with two attached hydrogens (primary N) is 1. The maximum Gasteiger partial charge on any atom is 0.431 e. The number of benzene rings is 1. The molecule has 1 atom stereocenters. The quantitative estimate of drug-likeness (QED) is 0.384. The molecule has 0 saturated heterocycles. The predicted molar refractivity (Wildman–Crippen MR) is 119 cm³/mol. The van der Waals surface area contributed by atoms with Gasteiger partial charge < -0.3 is 10.6 Å². The van der Waals surface area contributed by atoms with Crippen LogP contribution < -0.4 is 5.73 Å². The van der Waals surface area contributed by atoms with E-state index in [1.165, 1.54) is 28.4 Å². The molecule has 1 aliphatic rings. The van der Waals surface area contributed by atoms with Crippen LogP contribution in [-0.2, 0) is 11.3 Å². The van der Waals surface area contributed by atoms with Crippen molar-refractivity contribution in [3.05, 3.63) is 74.9 Å². The van der Waals surface area contributed by atoms with Crippen LogP contribution in [-0.4, -0.2) is 36.3 Å². The highest BCUT2D eigenvalue weighted by atomic mass is 32.1. The molecule has 3 rings (SSSR count). The Bertz CT molecular complexity index is 1190. The highest BCUT2D eigenvalue weighted by molar-refractivity contribution is 7.12. The lowest BCUT2D eigenvalue weighted by atomic mass is 9.83. The summed E-state index contributed by atoms with van der Waals surface area (Å²) in [6, 6.07) is 7.62. The van der Waals surface area contributed by atoms with Crippen molar-refractivity contribution in [2.24, 2.45) is 10.7 Å². The van der Waals surface area contributed by atoms with Gasteiger partial charge in [-0.1, -0.05) is 18.7 Å². The molecule has 0 aliphatic carbocycles. The van der Waals surface area contributed by atoms with Gasteiger partial charge in [0.05, 0.1) is 6.54 Å². The summed E-state index contributed by atoms with van der Waals surface area (Å²) >= 11 is 1.18. The van der Waals surface area contributed by atoms with Crippen molar-refractivity contribution >= 4 is 29.0 Å². The van der Waals surface area contributed by atoms with Crippen LogP contribution in [0.25, 0.3) is 5.57 Å². The van der Waals surface area contributed by atoms with Crippen molar-refractivity contribution in [2.75, 3.05) is 13.1 Å². The van der Waals surface area contributed by atoms with Gasteiger partial charge in [-0.2, -0.15) is 18.4 Å². The Hall–Kier alpha value is -3.45. The van der Waals surface area contributed by atoms with E-state index >= 15 is 4.39 Å². The summed E-state index contributed by atoms with van der Waals surface area (Å²) < 4.78 is 55.8. The first-order valence-corrected chi connectivity index (χ1v) is 10.7. The largest absolute Gasteiger partial charge is 0.431 e. The highest BCUT2D eigenvalue weighted by Gasteiger charge is 2.37. The average Bonchev–Trinajstić information content (AvgIpc) is 3.21. The number of amides is 1. The minimum absolute atomic E-state index is 0.0695. The normalized spacial score (nSPS) is 16.8. The average molecular weight is 476 g/mol. The van der Waals surface area contributed by atoms with E-state index in [9.17, 15) is 23.2 Å². The van der Waals surface area contributed by atoms with Crippen LogP contribution in [0, 0.1) is 17.1 Å². The van der Waals surface area contributed by atoms with Crippen molar-refractivity contribution in [3.8, 4) is 6.07 Å². The van der Waals surface area contributed by atoms with Gasteiger partial charge in [0.2, 0.25) is 5.91 Å². The van der Waals surface area contributed by atoms with Gasteiger partial charge in [0.15, 0.2) is 0 Å². The summed E-state index contributed by atoms with van der Waals surface area (Å²) in [6.45, 7) is 5.57. The minimum Gasteiger partial charge on any atom is -0.394 e. The summed E-state index contributed by atoms with van der Waals surface area (Å²) in [5.41, 5.74) is 3.92. The number of nitrogens with zero attached hydrogens (tertiary/aromatic N) is 3. The lowest BCUT2D eigenvalue weighted by Crippen LogP contribution is -2.37. The summed E-state index contributed by atoms with van der Waals surface area (Å²) in [7, 11) is 0. The SMILES string of the molecule is C=CC(=O)N1Cc2sc(C#N)cc2[C@H](c2cccc(F)c2/C(C=NCC)=C(/N)C(F)(F)F)C1. The summed E-state index contributed by atoms with van der Waals surface area (Å²) in [6.07, 6.45) is -2.85. The zero-order chi connectivity index (χ0) is 24.3. The van der Waals surface area contributed by atoms with E-state index in [4.69, 9.17) is 5.73 Å². The summed E-state index contributed by atoms with van der Waals surface area (Å²) in [5.74, 6) is -1.97. The molecule has 2 heterocycles. The standard InChI is InChI=1S/C23H20F4N4OS/c1-3-20(32)31-11-17(15-8-13(9-28)33-19(15)12-31)14-6-5-7-18(24)21(14)16(10-30-4-2)22(29)23(25,26)27/h3,5-8,10,17H,1,4,11-12,29H2,2H3/b22-16+,30-10?/t17-/m0/s1. The smallest absolute Gasteiger partial charge is 0.394 e. The van der Waals surface area contributed by atoms with Crippen LogP contribution >= 0.6 is 11.3 Å². The first kappa shape index (κ1) is 24.2. The third kappa shape index (κ3) is 4.83. The number of thiophene rings is 1. The van der Waals surface area contributed by atoms with Crippen molar-refractivity contribution < 1.29 is 22.4 Å².